The summed E-state index contributed by atoms with van der Waals surface area (Å²) in [5.41, 5.74) is 0. The van der Waals surface area contributed by atoms with E-state index in [1.54, 1.807) is 0 Å². The molecule has 5 nitrogen and oxygen atoms in total. The Morgan fingerprint density at radius 1 is 1.71 bits per heavy atom. The van der Waals surface area contributed by atoms with E-state index in [1.165, 1.54) is 0 Å². The summed E-state index contributed by atoms with van der Waals surface area (Å²) in [5, 5.41) is 0.425. The molecule has 0 radical (unpaired) electrons. The number of urea groups is 1. The SMILES string of the molecule is NN(N)C(=O)NBr. The molecule has 7 heavy (non-hydrogen) atoms. The van der Waals surface area contributed by atoms with Gasteiger partial charge in [-0.3, -0.25) is 4.34 Å². The molecule has 0 aromatic carbocycles. The van der Waals surface area contributed by atoms with Crippen molar-refractivity contribution in [1.29, 1.82) is 0 Å². The van der Waals surface area contributed by atoms with E-state index in [-0.39, 0.29) is 0 Å². The fraction of sp³-hybridized carbons (Fsp3) is 0. The van der Waals surface area contributed by atoms with E-state index in [4.69, 9.17) is 11.7 Å². The third-order valence-electron chi connectivity index (χ3n) is 0.315. The number of nitrogens with one attached hydrogen (secondary N) is 1. The highest BCUT2D eigenvalue weighted by atomic mass is 79.9. The van der Waals surface area contributed by atoms with E-state index < -0.39 is 6.03 Å². The zero-order valence-corrected chi connectivity index (χ0v) is 4.97. The smallest absolute Gasteiger partial charge is 0.272 e. The maximum atomic E-state index is 10.0. The molecule has 0 aliphatic rings. The van der Waals surface area contributed by atoms with Crippen molar-refractivity contribution >= 4 is 22.2 Å². The number of nitrogens with two attached hydrogens (primary N) is 2. The van der Waals surface area contributed by atoms with Gasteiger partial charge < -0.3 is 0 Å². The zero-order chi connectivity index (χ0) is 5.86. The van der Waals surface area contributed by atoms with Crippen molar-refractivity contribution < 1.29 is 4.79 Å². The van der Waals surface area contributed by atoms with Crippen molar-refractivity contribution in [3.8, 4) is 0 Å². The number of halogens is 1. The maximum Gasteiger partial charge on any atom is 0.356 e. The van der Waals surface area contributed by atoms with E-state index in [9.17, 15) is 4.79 Å². The van der Waals surface area contributed by atoms with Gasteiger partial charge in [-0.05, 0) is 0 Å². The first kappa shape index (κ1) is 6.67. The van der Waals surface area contributed by atoms with Gasteiger partial charge in [-0.1, -0.05) is 0 Å². The van der Waals surface area contributed by atoms with Crippen LogP contribution in [-0.2, 0) is 0 Å². The van der Waals surface area contributed by atoms with E-state index in [0.717, 1.165) is 0 Å². The Kier molecular flexibility index (Phi) is 2.65. The summed E-state index contributed by atoms with van der Waals surface area (Å²) in [6.07, 6.45) is 0. The Balaban J connectivity index is 3.35. The number of hydrazine groups is 2. The first-order valence-corrected chi connectivity index (χ1v) is 2.18. The van der Waals surface area contributed by atoms with Gasteiger partial charge in [0.05, 0.1) is 16.1 Å². The molecule has 0 aliphatic carbocycles. The Morgan fingerprint density at radius 3 is 2.14 bits per heavy atom. The van der Waals surface area contributed by atoms with Crippen LogP contribution in [0.25, 0.3) is 0 Å². The Hall–Kier alpha value is -0.330. The minimum absolute atomic E-state index is 0.425. The van der Waals surface area contributed by atoms with Gasteiger partial charge in [0.15, 0.2) is 0 Å². The normalized spacial score (nSPS) is 7.86. The summed E-state index contributed by atoms with van der Waals surface area (Å²) < 4.78 is 2.01. The molecule has 2 amide bonds. The van der Waals surface area contributed by atoms with Gasteiger partial charge in [0, 0.05) is 0 Å². The van der Waals surface area contributed by atoms with Gasteiger partial charge in [0.2, 0.25) is 0 Å². The van der Waals surface area contributed by atoms with Gasteiger partial charge in [-0.2, -0.15) is 5.12 Å². The van der Waals surface area contributed by atoms with Crippen LogP contribution < -0.4 is 16.0 Å². The van der Waals surface area contributed by atoms with Crippen molar-refractivity contribution in [2.75, 3.05) is 0 Å². The van der Waals surface area contributed by atoms with Crippen molar-refractivity contribution in [1.82, 2.24) is 9.46 Å². The number of rotatable bonds is 0. The van der Waals surface area contributed by atoms with Crippen LogP contribution in [0.4, 0.5) is 4.79 Å². The molecule has 0 rings (SSSR count). The first-order chi connectivity index (χ1) is 3.18. The highest BCUT2D eigenvalue weighted by Gasteiger charge is 1.97. The lowest BCUT2D eigenvalue weighted by atomic mass is 11.1. The van der Waals surface area contributed by atoms with Crippen LogP contribution in [-0.4, -0.2) is 11.1 Å². The summed E-state index contributed by atoms with van der Waals surface area (Å²) in [6.45, 7) is 0. The third kappa shape index (κ3) is 2.38. The number of nitrogens with zero attached hydrogens (tertiary/aromatic N) is 1. The lowest BCUT2D eigenvalue weighted by Crippen LogP contribution is -2.46. The second-order valence-corrected chi connectivity index (χ2v) is 1.20. The average molecular weight is 169 g/mol. The summed E-state index contributed by atoms with van der Waals surface area (Å²) in [6, 6.07) is -0.597. The Morgan fingerprint density at radius 2 is 2.14 bits per heavy atom. The molecule has 0 unspecified atom stereocenters. The maximum absolute atomic E-state index is 10.0. The summed E-state index contributed by atoms with van der Waals surface area (Å²) in [4.78, 5) is 10.0. The van der Waals surface area contributed by atoms with Crippen LogP contribution in [0.15, 0.2) is 0 Å². The molecule has 0 saturated heterocycles. The van der Waals surface area contributed by atoms with Crippen molar-refractivity contribution in [3.05, 3.63) is 0 Å². The molecular weight excluding hydrogens is 164 g/mol. The van der Waals surface area contributed by atoms with Gasteiger partial charge in [0.25, 0.3) is 0 Å². The zero-order valence-electron chi connectivity index (χ0n) is 3.39. The molecule has 5 N–H and O–H groups in total. The predicted octanol–water partition coefficient (Wildman–Crippen LogP) is -0.945. The quantitative estimate of drug-likeness (QED) is 0.189. The van der Waals surface area contributed by atoms with Crippen LogP contribution in [0.3, 0.4) is 0 Å². The van der Waals surface area contributed by atoms with Crippen LogP contribution in [0, 0.1) is 0 Å². The lowest BCUT2D eigenvalue weighted by molar-refractivity contribution is 0.207. The molecule has 0 aliphatic heterocycles. The molecule has 0 heterocycles. The number of carbonyl (C=O) groups excluding carboxylic acids is 1. The highest BCUT2D eigenvalue weighted by Crippen LogP contribution is 1.71. The fourth-order valence-corrected chi connectivity index (χ4v) is 0.254. The number of hydrogen-bond acceptors (Lipinski definition) is 3. The summed E-state index contributed by atoms with van der Waals surface area (Å²) in [5.74, 6) is 9.43. The predicted molar refractivity (Wildman–Crippen MR) is 27.7 cm³/mol. The topological polar surface area (TPSA) is 84.4 Å². The minimum atomic E-state index is -0.597. The van der Waals surface area contributed by atoms with Gasteiger partial charge >= 0.3 is 6.03 Å². The third-order valence-corrected chi connectivity index (χ3v) is 0.655. The van der Waals surface area contributed by atoms with Crippen molar-refractivity contribution in [2.45, 2.75) is 0 Å². The highest BCUT2D eigenvalue weighted by molar-refractivity contribution is 9.08. The van der Waals surface area contributed by atoms with Crippen LogP contribution in [0.5, 0.6) is 0 Å². The van der Waals surface area contributed by atoms with E-state index >= 15 is 0 Å². The second-order valence-electron chi connectivity index (χ2n) is 0.807. The molecule has 0 bridgehead atoms. The first-order valence-electron chi connectivity index (χ1n) is 1.38. The van der Waals surface area contributed by atoms with Gasteiger partial charge in [-0.15, -0.1) is 0 Å². The van der Waals surface area contributed by atoms with E-state index in [1.807, 2.05) is 4.34 Å². The van der Waals surface area contributed by atoms with E-state index in [0.29, 0.717) is 5.12 Å². The largest absolute Gasteiger partial charge is 0.356 e. The average Bonchev–Trinajstić information content (AvgIpc) is 1.65. The molecule has 0 aromatic heterocycles. The monoisotopic (exact) mass is 168 g/mol. The molecule has 0 saturated carbocycles. The fourth-order valence-electron chi connectivity index (χ4n) is 0.0488. The lowest BCUT2D eigenvalue weighted by Gasteiger charge is -2.04. The molecule has 42 valence electrons. The Bertz CT molecular complexity index is 72.1. The van der Waals surface area contributed by atoms with Crippen LogP contribution in [0.1, 0.15) is 0 Å². The number of hydrogen-bond donors (Lipinski definition) is 3. The minimum Gasteiger partial charge on any atom is -0.272 e. The number of carbonyl (C=O) groups is 1. The second kappa shape index (κ2) is 2.78. The standard InChI is InChI=1S/CH5BrN4O/c2-5-1(7)6(3)4/h3-4H2,(H,5,7). The molecular formula is CH5BrN4O. The van der Waals surface area contributed by atoms with E-state index in [2.05, 4.69) is 16.1 Å². The van der Waals surface area contributed by atoms with Crippen molar-refractivity contribution in [2.24, 2.45) is 11.7 Å². The summed E-state index contributed by atoms with van der Waals surface area (Å²) in [7, 11) is 0. The molecule has 0 atom stereocenters. The molecule has 0 aromatic rings. The molecule has 6 heteroatoms. The number of amides is 2. The summed E-state index contributed by atoms with van der Waals surface area (Å²) >= 11 is 2.61. The molecule has 0 spiro atoms. The Labute approximate surface area is 48.9 Å². The molecule has 0 fully saturated rings. The van der Waals surface area contributed by atoms with Gasteiger partial charge in [0.1, 0.15) is 0 Å². The van der Waals surface area contributed by atoms with Crippen LogP contribution >= 0.6 is 16.1 Å². The van der Waals surface area contributed by atoms with Crippen molar-refractivity contribution in [3.63, 3.8) is 0 Å². The van der Waals surface area contributed by atoms with Gasteiger partial charge in [-0.25, -0.2) is 16.5 Å². The van der Waals surface area contributed by atoms with Crippen LogP contribution in [0.2, 0.25) is 0 Å².